The molecule has 2 N–H and O–H groups in total. The number of nitrogens with one attached hydrogen (secondary N) is 1. The molecule has 1 fully saturated rings. The fourth-order valence-corrected chi connectivity index (χ4v) is 2.24. The fourth-order valence-electron chi connectivity index (χ4n) is 2.24. The average Bonchev–Trinajstić information content (AvgIpc) is 2.92. The molecule has 1 atom stereocenters. The highest BCUT2D eigenvalue weighted by molar-refractivity contribution is 5.87. The van der Waals surface area contributed by atoms with Crippen LogP contribution in [0.2, 0.25) is 0 Å². The number of aromatic carboxylic acids is 1. The van der Waals surface area contributed by atoms with Crippen molar-refractivity contribution in [2.75, 3.05) is 19.8 Å². The van der Waals surface area contributed by atoms with Crippen LogP contribution >= 0.6 is 0 Å². The van der Waals surface area contributed by atoms with Crippen molar-refractivity contribution in [3.8, 4) is 0 Å². The molecule has 0 saturated carbocycles. The average molecular weight is 277 g/mol. The lowest BCUT2D eigenvalue weighted by Crippen LogP contribution is -2.27. The van der Waals surface area contributed by atoms with Crippen LogP contribution in [-0.4, -0.2) is 36.7 Å². The van der Waals surface area contributed by atoms with Crippen LogP contribution in [0.3, 0.4) is 0 Å². The van der Waals surface area contributed by atoms with E-state index in [0.29, 0.717) is 31.9 Å². The number of carbonyl (C=O) groups excluding carboxylic acids is 1. The molecule has 108 valence electrons. The van der Waals surface area contributed by atoms with Crippen molar-refractivity contribution in [1.82, 2.24) is 5.32 Å². The summed E-state index contributed by atoms with van der Waals surface area (Å²) in [5.41, 5.74) is 1.29. The number of carbonyl (C=O) groups is 2. The Morgan fingerprint density at radius 1 is 1.30 bits per heavy atom. The summed E-state index contributed by atoms with van der Waals surface area (Å²) in [6.45, 7) is 2.01. The Kier molecular flexibility index (Phi) is 5.12. The minimum atomic E-state index is -0.927. The van der Waals surface area contributed by atoms with Gasteiger partial charge >= 0.3 is 5.97 Å². The van der Waals surface area contributed by atoms with Gasteiger partial charge in [-0.15, -0.1) is 0 Å². The van der Waals surface area contributed by atoms with E-state index in [4.69, 9.17) is 9.84 Å². The monoisotopic (exact) mass is 277 g/mol. The lowest BCUT2D eigenvalue weighted by atomic mass is 10.0. The van der Waals surface area contributed by atoms with E-state index in [0.717, 1.165) is 18.6 Å². The standard InChI is InChI=1S/C15H19NO4/c17-14(9-12-6-8-20-10-12)16-7-5-11-1-3-13(4-2-11)15(18)19/h1-4,12H,5-10H2,(H,16,17)(H,18,19). The van der Waals surface area contributed by atoms with E-state index in [2.05, 4.69) is 5.32 Å². The summed E-state index contributed by atoms with van der Waals surface area (Å²) in [5.74, 6) is -0.517. The van der Waals surface area contributed by atoms with E-state index in [1.165, 1.54) is 0 Å². The smallest absolute Gasteiger partial charge is 0.335 e. The molecule has 0 aromatic heterocycles. The summed E-state index contributed by atoms with van der Waals surface area (Å²) in [7, 11) is 0. The maximum Gasteiger partial charge on any atom is 0.335 e. The van der Waals surface area contributed by atoms with E-state index in [9.17, 15) is 9.59 Å². The van der Waals surface area contributed by atoms with Crippen molar-refractivity contribution in [3.05, 3.63) is 35.4 Å². The number of carboxylic acids is 1. The second kappa shape index (κ2) is 7.05. The number of carboxylic acid groups (broad SMARTS) is 1. The Hall–Kier alpha value is -1.88. The zero-order valence-electron chi connectivity index (χ0n) is 11.3. The summed E-state index contributed by atoms with van der Waals surface area (Å²) < 4.78 is 5.23. The predicted molar refractivity (Wildman–Crippen MR) is 73.7 cm³/mol. The number of amides is 1. The zero-order valence-corrected chi connectivity index (χ0v) is 11.3. The third-order valence-corrected chi connectivity index (χ3v) is 3.43. The van der Waals surface area contributed by atoms with Crippen LogP contribution in [0.1, 0.15) is 28.8 Å². The zero-order chi connectivity index (χ0) is 14.4. The van der Waals surface area contributed by atoms with Gasteiger partial charge in [-0.3, -0.25) is 4.79 Å². The Balaban J connectivity index is 1.69. The van der Waals surface area contributed by atoms with Gasteiger partial charge in [-0.2, -0.15) is 0 Å². The highest BCUT2D eigenvalue weighted by Gasteiger charge is 2.18. The number of hydrogen-bond acceptors (Lipinski definition) is 3. The molecule has 1 amide bonds. The molecule has 1 aliphatic rings. The van der Waals surface area contributed by atoms with Crippen LogP contribution in [-0.2, 0) is 16.0 Å². The van der Waals surface area contributed by atoms with Gasteiger partial charge in [0.2, 0.25) is 5.91 Å². The first-order chi connectivity index (χ1) is 9.65. The van der Waals surface area contributed by atoms with Gasteiger partial charge in [0.25, 0.3) is 0 Å². The molecule has 5 nitrogen and oxygen atoms in total. The molecule has 2 rings (SSSR count). The maximum atomic E-state index is 11.7. The first-order valence-corrected chi connectivity index (χ1v) is 6.82. The van der Waals surface area contributed by atoms with E-state index in [1.54, 1.807) is 24.3 Å². The van der Waals surface area contributed by atoms with E-state index < -0.39 is 5.97 Å². The molecule has 1 heterocycles. The van der Waals surface area contributed by atoms with E-state index in [-0.39, 0.29) is 11.5 Å². The lowest BCUT2D eigenvalue weighted by molar-refractivity contribution is -0.122. The molecule has 1 aliphatic heterocycles. The van der Waals surface area contributed by atoms with Crippen molar-refractivity contribution in [2.45, 2.75) is 19.3 Å². The minimum Gasteiger partial charge on any atom is -0.478 e. The Bertz CT molecular complexity index is 463. The summed E-state index contributed by atoms with van der Waals surface area (Å²) >= 11 is 0. The molecule has 1 aromatic carbocycles. The van der Waals surface area contributed by atoms with Crippen molar-refractivity contribution in [3.63, 3.8) is 0 Å². The van der Waals surface area contributed by atoms with Crippen LogP contribution in [0.4, 0.5) is 0 Å². The molecule has 1 aromatic rings. The Morgan fingerprint density at radius 2 is 2.05 bits per heavy atom. The quantitative estimate of drug-likeness (QED) is 0.825. The number of benzene rings is 1. The molecule has 1 saturated heterocycles. The van der Waals surface area contributed by atoms with Gasteiger partial charge in [0.1, 0.15) is 0 Å². The Morgan fingerprint density at radius 3 is 2.65 bits per heavy atom. The van der Waals surface area contributed by atoms with Crippen LogP contribution in [0.5, 0.6) is 0 Å². The van der Waals surface area contributed by atoms with Gasteiger partial charge < -0.3 is 15.2 Å². The number of hydrogen-bond donors (Lipinski definition) is 2. The largest absolute Gasteiger partial charge is 0.478 e. The summed E-state index contributed by atoms with van der Waals surface area (Å²) in [5, 5.41) is 11.7. The lowest BCUT2D eigenvalue weighted by Gasteiger charge is -2.08. The topological polar surface area (TPSA) is 75.6 Å². The molecule has 0 radical (unpaired) electrons. The highest BCUT2D eigenvalue weighted by Crippen LogP contribution is 2.15. The normalized spacial score (nSPS) is 17.9. The molecular formula is C15H19NO4. The van der Waals surface area contributed by atoms with Gasteiger partial charge in [-0.25, -0.2) is 4.79 Å². The summed E-state index contributed by atoms with van der Waals surface area (Å²) in [4.78, 5) is 22.4. The number of rotatable bonds is 6. The molecule has 5 heteroatoms. The second-order valence-corrected chi connectivity index (χ2v) is 5.04. The number of ether oxygens (including phenoxy) is 1. The molecule has 0 bridgehead atoms. The SMILES string of the molecule is O=C(CC1CCOC1)NCCc1ccc(C(=O)O)cc1. The van der Waals surface area contributed by atoms with Crippen molar-refractivity contribution < 1.29 is 19.4 Å². The van der Waals surface area contributed by atoms with Crippen LogP contribution in [0.15, 0.2) is 24.3 Å². The highest BCUT2D eigenvalue weighted by atomic mass is 16.5. The molecular weight excluding hydrogens is 258 g/mol. The summed E-state index contributed by atoms with van der Waals surface area (Å²) in [6, 6.07) is 6.71. The van der Waals surface area contributed by atoms with Crippen molar-refractivity contribution in [1.29, 1.82) is 0 Å². The third-order valence-electron chi connectivity index (χ3n) is 3.43. The molecule has 0 spiro atoms. The van der Waals surface area contributed by atoms with E-state index >= 15 is 0 Å². The minimum absolute atomic E-state index is 0.0580. The van der Waals surface area contributed by atoms with Crippen LogP contribution in [0.25, 0.3) is 0 Å². The first-order valence-electron chi connectivity index (χ1n) is 6.82. The molecule has 20 heavy (non-hydrogen) atoms. The van der Waals surface area contributed by atoms with Crippen LogP contribution in [0, 0.1) is 5.92 Å². The molecule has 0 aliphatic carbocycles. The molecule has 1 unspecified atom stereocenters. The Labute approximate surface area is 117 Å². The van der Waals surface area contributed by atoms with Crippen molar-refractivity contribution in [2.24, 2.45) is 5.92 Å². The van der Waals surface area contributed by atoms with Gasteiger partial charge in [-0.05, 0) is 36.5 Å². The van der Waals surface area contributed by atoms with Gasteiger partial charge in [0, 0.05) is 26.2 Å². The predicted octanol–water partition coefficient (Wildman–Crippen LogP) is 1.47. The first kappa shape index (κ1) is 14.5. The maximum absolute atomic E-state index is 11.7. The third kappa shape index (κ3) is 4.35. The van der Waals surface area contributed by atoms with Gasteiger partial charge in [-0.1, -0.05) is 12.1 Å². The summed E-state index contributed by atoms with van der Waals surface area (Å²) in [6.07, 6.45) is 2.19. The van der Waals surface area contributed by atoms with Gasteiger partial charge in [0.15, 0.2) is 0 Å². The van der Waals surface area contributed by atoms with Crippen LogP contribution < -0.4 is 5.32 Å². The second-order valence-electron chi connectivity index (χ2n) is 5.04. The van der Waals surface area contributed by atoms with E-state index in [1.807, 2.05) is 0 Å². The fraction of sp³-hybridized carbons (Fsp3) is 0.467. The van der Waals surface area contributed by atoms with Crippen molar-refractivity contribution >= 4 is 11.9 Å². The van der Waals surface area contributed by atoms with Gasteiger partial charge in [0.05, 0.1) is 5.56 Å².